The third-order valence-corrected chi connectivity index (χ3v) is 6.62. The first-order chi connectivity index (χ1) is 17.0. The van der Waals surface area contributed by atoms with E-state index in [1.807, 2.05) is 38.1 Å². The van der Waals surface area contributed by atoms with Gasteiger partial charge in [-0.3, -0.25) is 14.4 Å². The molecule has 5 unspecified atom stereocenters. The number of carboxylic acid groups (broad SMARTS) is 1. The van der Waals surface area contributed by atoms with Crippen LogP contribution >= 0.6 is 0 Å². The molecule has 3 rings (SSSR count). The van der Waals surface area contributed by atoms with Crippen LogP contribution in [-0.2, 0) is 25.6 Å². The summed E-state index contributed by atoms with van der Waals surface area (Å²) in [4.78, 5) is 55.4. The maximum absolute atomic E-state index is 13.7. The minimum absolute atomic E-state index is 0.146. The van der Waals surface area contributed by atoms with Crippen molar-refractivity contribution < 1.29 is 29.4 Å². The Hall–Kier alpha value is -3.44. The van der Waals surface area contributed by atoms with Gasteiger partial charge < -0.3 is 36.5 Å². The predicted molar refractivity (Wildman–Crippen MR) is 133 cm³/mol. The summed E-state index contributed by atoms with van der Waals surface area (Å²) in [7, 11) is 0. The van der Waals surface area contributed by atoms with Crippen LogP contribution in [0.4, 0.5) is 0 Å². The molecular weight excluding hydrogens is 466 g/mol. The van der Waals surface area contributed by atoms with E-state index in [-0.39, 0.29) is 18.9 Å². The number of aliphatic hydroxyl groups excluding tert-OH is 1. The number of rotatable bonds is 10. The maximum atomic E-state index is 13.7. The molecular formula is C25H35N5O6. The number of aliphatic hydroxyl groups is 1. The molecule has 3 amide bonds. The van der Waals surface area contributed by atoms with E-state index in [0.717, 1.165) is 16.5 Å². The summed E-state index contributed by atoms with van der Waals surface area (Å²) < 4.78 is 0. The van der Waals surface area contributed by atoms with E-state index in [4.69, 9.17) is 5.73 Å². The Morgan fingerprint density at radius 2 is 1.86 bits per heavy atom. The maximum Gasteiger partial charge on any atom is 0.328 e. The van der Waals surface area contributed by atoms with E-state index in [2.05, 4.69) is 15.6 Å². The van der Waals surface area contributed by atoms with Gasteiger partial charge in [0.15, 0.2) is 6.04 Å². The van der Waals surface area contributed by atoms with Gasteiger partial charge in [-0.15, -0.1) is 0 Å². The number of nitrogens with zero attached hydrogens (tertiary/aromatic N) is 1. The van der Waals surface area contributed by atoms with Gasteiger partial charge in [-0.2, -0.15) is 0 Å². The molecule has 1 aliphatic rings. The van der Waals surface area contributed by atoms with Crippen molar-refractivity contribution in [1.82, 2.24) is 20.5 Å². The summed E-state index contributed by atoms with van der Waals surface area (Å²) in [6, 6.07) is 3.37. The van der Waals surface area contributed by atoms with Gasteiger partial charge in [-0.05, 0) is 37.3 Å². The van der Waals surface area contributed by atoms with Gasteiger partial charge in [0, 0.05) is 30.1 Å². The van der Waals surface area contributed by atoms with E-state index in [9.17, 15) is 29.4 Å². The number of hydrogen-bond acceptors (Lipinski definition) is 6. The highest BCUT2D eigenvalue weighted by Crippen LogP contribution is 2.23. The fourth-order valence-corrected chi connectivity index (χ4v) is 4.43. The number of nitrogens with one attached hydrogen (secondary N) is 3. The summed E-state index contributed by atoms with van der Waals surface area (Å²) in [5, 5.41) is 25.1. The quantitative estimate of drug-likeness (QED) is 0.268. The minimum atomic E-state index is -1.50. The number of likely N-dealkylation sites (tertiary alicyclic amines) is 1. The van der Waals surface area contributed by atoms with Crippen molar-refractivity contribution >= 4 is 34.6 Å². The van der Waals surface area contributed by atoms with E-state index >= 15 is 0 Å². The normalized spacial score (nSPS) is 19.1. The first kappa shape index (κ1) is 27.2. The Bertz CT molecular complexity index is 1110. The van der Waals surface area contributed by atoms with Crippen LogP contribution in [-0.4, -0.2) is 80.6 Å². The van der Waals surface area contributed by atoms with Crippen molar-refractivity contribution in [3.8, 4) is 0 Å². The lowest BCUT2D eigenvalue weighted by atomic mass is 10.0. The average Bonchev–Trinajstić information content (AvgIpc) is 3.48. The lowest BCUT2D eigenvalue weighted by molar-refractivity contribution is -0.147. The van der Waals surface area contributed by atoms with Gasteiger partial charge >= 0.3 is 5.97 Å². The number of aromatic amines is 1. The molecule has 0 aliphatic carbocycles. The molecule has 196 valence electrons. The number of aliphatic carboxylic acids is 1. The molecule has 11 nitrogen and oxygen atoms in total. The van der Waals surface area contributed by atoms with Crippen molar-refractivity contribution in [2.24, 2.45) is 11.7 Å². The molecule has 36 heavy (non-hydrogen) atoms. The molecule has 2 aromatic rings. The minimum Gasteiger partial charge on any atom is -0.480 e. The number of H-pyrrole nitrogens is 1. The van der Waals surface area contributed by atoms with Gasteiger partial charge in [0.25, 0.3) is 0 Å². The number of para-hydroxylation sites is 1. The second-order valence-corrected chi connectivity index (χ2v) is 9.65. The first-order valence-electron chi connectivity index (χ1n) is 12.1. The smallest absolute Gasteiger partial charge is 0.328 e. The monoisotopic (exact) mass is 501 g/mol. The molecule has 5 atom stereocenters. The number of fused-ring (bicyclic) bond motifs is 1. The Labute approximate surface area is 209 Å². The molecule has 0 radical (unpaired) electrons. The van der Waals surface area contributed by atoms with Crippen molar-refractivity contribution in [3.63, 3.8) is 0 Å². The topological polar surface area (TPSA) is 178 Å². The van der Waals surface area contributed by atoms with Crippen LogP contribution in [0, 0.1) is 5.92 Å². The fourth-order valence-electron chi connectivity index (χ4n) is 4.43. The second-order valence-electron chi connectivity index (χ2n) is 9.65. The van der Waals surface area contributed by atoms with Gasteiger partial charge in [-0.25, -0.2) is 4.79 Å². The molecule has 0 bridgehead atoms. The van der Waals surface area contributed by atoms with E-state index < -0.39 is 54.0 Å². The summed E-state index contributed by atoms with van der Waals surface area (Å²) in [5.41, 5.74) is 7.74. The number of amides is 3. The highest BCUT2D eigenvalue weighted by Gasteiger charge is 2.40. The number of aromatic nitrogens is 1. The molecule has 0 saturated carbocycles. The summed E-state index contributed by atoms with van der Waals surface area (Å²) in [6.45, 7) is 5.16. The molecule has 1 saturated heterocycles. The molecule has 1 aromatic heterocycles. The highest BCUT2D eigenvalue weighted by molar-refractivity contribution is 5.95. The molecule has 11 heteroatoms. The summed E-state index contributed by atoms with van der Waals surface area (Å²) in [6.07, 6.45) is 1.52. The van der Waals surface area contributed by atoms with Crippen LogP contribution < -0.4 is 16.4 Å². The van der Waals surface area contributed by atoms with Crippen LogP contribution in [0.15, 0.2) is 30.5 Å². The Morgan fingerprint density at radius 1 is 1.17 bits per heavy atom. The van der Waals surface area contributed by atoms with Crippen molar-refractivity contribution in [3.05, 3.63) is 36.0 Å². The van der Waals surface area contributed by atoms with Crippen LogP contribution in [0.3, 0.4) is 0 Å². The predicted octanol–water partition coefficient (Wildman–Crippen LogP) is 0.120. The van der Waals surface area contributed by atoms with E-state index in [0.29, 0.717) is 12.8 Å². The first-order valence-corrected chi connectivity index (χ1v) is 12.1. The van der Waals surface area contributed by atoms with Crippen LogP contribution in [0.25, 0.3) is 10.9 Å². The molecule has 1 fully saturated rings. The zero-order valence-electron chi connectivity index (χ0n) is 20.7. The van der Waals surface area contributed by atoms with Gasteiger partial charge in [0.1, 0.15) is 12.1 Å². The molecule has 1 aromatic carbocycles. The van der Waals surface area contributed by atoms with Gasteiger partial charge in [-0.1, -0.05) is 32.0 Å². The number of benzene rings is 1. The standard InChI is InChI=1S/C25H35N5O6/c1-13(2)20(26)23(33)28-18(11-15-12-27-17-8-5-4-7-16(15)17)24(34)30-10-6-9-19(30)22(32)29-21(14(3)31)25(35)36/h4-5,7-8,12-14,18-21,27,31H,6,9-11,26H2,1-3H3,(H,28,33)(H,29,32)(H,35,36). The Morgan fingerprint density at radius 3 is 2.50 bits per heavy atom. The fraction of sp³-hybridized carbons (Fsp3) is 0.520. The molecule has 7 N–H and O–H groups in total. The molecule has 2 heterocycles. The van der Waals surface area contributed by atoms with Crippen LogP contribution in [0.2, 0.25) is 0 Å². The van der Waals surface area contributed by atoms with E-state index in [1.165, 1.54) is 11.8 Å². The van der Waals surface area contributed by atoms with Crippen LogP contribution in [0.5, 0.6) is 0 Å². The largest absolute Gasteiger partial charge is 0.480 e. The Kier molecular flexibility index (Phi) is 8.70. The number of nitrogens with two attached hydrogens (primary N) is 1. The van der Waals surface area contributed by atoms with Crippen molar-refractivity contribution in [2.75, 3.05) is 6.54 Å². The second kappa shape index (κ2) is 11.5. The summed E-state index contributed by atoms with van der Waals surface area (Å²) in [5.74, 6) is -3.10. The number of carbonyl (C=O) groups excluding carboxylic acids is 3. The molecule has 1 aliphatic heterocycles. The number of carboxylic acids is 1. The zero-order valence-corrected chi connectivity index (χ0v) is 20.7. The number of hydrogen-bond donors (Lipinski definition) is 6. The lowest BCUT2D eigenvalue weighted by Crippen LogP contribution is -2.58. The SMILES string of the molecule is CC(C)C(N)C(=O)NC(Cc1c[nH]c2ccccc12)C(=O)N1CCCC1C(=O)NC(C(=O)O)C(C)O. The van der Waals surface area contributed by atoms with Crippen LogP contribution in [0.1, 0.15) is 39.2 Å². The van der Waals surface area contributed by atoms with Crippen molar-refractivity contribution in [2.45, 2.75) is 70.3 Å². The Balaban J connectivity index is 1.85. The zero-order chi connectivity index (χ0) is 26.6. The summed E-state index contributed by atoms with van der Waals surface area (Å²) >= 11 is 0. The average molecular weight is 502 g/mol. The number of carbonyl (C=O) groups is 4. The van der Waals surface area contributed by atoms with Crippen molar-refractivity contribution in [1.29, 1.82) is 0 Å². The molecule has 0 spiro atoms. The highest BCUT2D eigenvalue weighted by atomic mass is 16.4. The third-order valence-electron chi connectivity index (χ3n) is 6.62. The lowest BCUT2D eigenvalue weighted by Gasteiger charge is -2.30. The van der Waals surface area contributed by atoms with Gasteiger partial charge in [0.05, 0.1) is 12.1 Å². The van der Waals surface area contributed by atoms with Gasteiger partial charge in [0.2, 0.25) is 17.7 Å². The van der Waals surface area contributed by atoms with E-state index in [1.54, 1.807) is 6.20 Å². The third kappa shape index (κ3) is 6.03.